The Balaban J connectivity index is 1.28. The van der Waals surface area contributed by atoms with E-state index in [1.807, 2.05) is 17.7 Å². The van der Waals surface area contributed by atoms with Crippen LogP contribution in [0.4, 0.5) is 4.39 Å². The lowest BCUT2D eigenvalue weighted by Crippen LogP contribution is -2.50. The molecule has 0 unspecified atom stereocenters. The lowest BCUT2D eigenvalue weighted by atomic mass is 10.2. The highest BCUT2D eigenvalue weighted by atomic mass is 35.5. The molecule has 34 heavy (non-hydrogen) atoms. The first kappa shape index (κ1) is 22.6. The normalized spacial score (nSPS) is 14.1. The number of piperazine rings is 1. The summed E-state index contributed by atoms with van der Waals surface area (Å²) in [6, 6.07) is 15.1. The first-order valence-electron chi connectivity index (χ1n) is 10.9. The van der Waals surface area contributed by atoms with Crippen molar-refractivity contribution in [1.82, 2.24) is 19.6 Å². The molecular formula is C25H22ClFN4O2S. The highest BCUT2D eigenvalue weighted by molar-refractivity contribution is 7.20. The van der Waals surface area contributed by atoms with Crippen molar-refractivity contribution in [2.45, 2.75) is 13.5 Å². The quantitative estimate of drug-likeness (QED) is 0.406. The van der Waals surface area contributed by atoms with Gasteiger partial charge in [0.15, 0.2) is 0 Å². The van der Waals surface area contributed by atoms with Gasteiger partial charge in [0.2, 0.25) is 0 Å². The Kier molecular flexibility index (Phi) is 6.10. The van der Waals surface area contributed by atoms with Crippen LogP contribution in [0.3, 0.4) is 0 Å². The van der Waals surface area contributed by atoms with E-state index in [9.17, 15) is 14.0 Å². The Morgan fingerprint density at radius 2 is 1.59 bits per heavy atom. The molecule has 2 aromatic heterocycles. The number of nitrogens with zero attached hydrogens (tertiary/aromatic N) is 4. The fourth-order valence-electron chi connectivity index (χ4n) is 4.13. The van der Waals surface area contributed by atoms with Crippen LogP contribution < -0.4 is 0 Å². The van der Waals surface area contributed by atoms with Gasteiger partial charge in [-0.2, -0.15) is 5.10 Å². The molecule has 2 aromatic carbocycles. The van der Waals surface area contributed by atoms with Crippen molar-refractivity contribution in [3.8, 4) is 0 Å². The van der Waals surface area contributed by atoms with Crippen molar-refractivity contribution in [2.75, 3.05) is 26.2 Å². The minimum atomic E-state index is -0.274. The largest absolute Gasteiger partial charge is 0.335 e. The number of halogens is 2. The van der Waals surface area contributed by atoms with E-state index < -0.39 is 0 Å². The zero-order valence-electron chi connectivity index (χ0n) is 18.5. The van der Waals surface area contributed by atoms with Gasteiger partial charge in [0.05, 0.1) is 17.1 Å². The third kappa shape index (κ3) is 4.43. The second kappa shape index (κ2) is 9.19. The molecule has 0 saturated carbocycles. The molecule has 9 heteroatoms. The van der Waals surface area contributed by atoms with Crippen molar-refractivity contribution >= 4 is 45.0 Å². The lowest BCUT2D eigenvalue weighted by Gasteiger charge is -2.34. The monoisotopic (exact) mass is 496 g/mol. The molecule has 0 N–H and O–H groups in total. The number of amides is 2. The average Bonchev–Trinajstić information content (AvgIpc) is 3.41. The summed E-state index contributed by atoms with van der Waals surface area (Å²) in [5, 5.41) is 6.14. The fourth-order valence-corrected chi connectivity index (χ4v) is 5.39. The molecule has 1 aliphatic heterocycles. The lowest BCUT2D eigenvalue weighted by molar-refractivity contribution is 0.0538. The van der Waals surface area contributed by atoms with Crippen molar-refractivity contribution in [1.29, 1.82) is 0 Å². The molecule has 5 rings (SSSR count). The van der Waals surface area contributed by atoms with Gasteiger partial charge in [0, 0.05) is 42.2 Å². The van der Waals surface area contributed by atoms with E-state index in [0.717, 1.165) is 21.5 Å². The minimum absolute atomic E-state index is 0.0347. The van der Waals surface area contributed by atoms with E-state index in [1.54, 1.807) is 46.2 Å². The molecule has 1 aliphatic rings. The molecule has 174 valence electrons. The van der Waals surface area contributed by atoms with Gasteiger partial charge in [-0.1, -0.05) is 23.7 Å². The highest BCUT2D eigenvalue weighted by Crippen LogP contribution is 2.30. The number of carbonyl (C=O) groups is 2. The number of hydrogen-bond acceptors (Lipinski definition) is 4. The van der Waals surface area contributed by atoms with Crippen LogP contribution in [0.25, 0.3) is 10.2 Å². The number of hydrogen-bond donors (Lipinski definition) is 0. The van der Waals surface area contributed by atoms with Crippen LogP contribution in [0.2, 0.25) is 5.02 Å². The highest BCUT2D eigenvalue weighted by Gasteiger charge is 2.27. The number of carbonyl (C=O) groups excluding carboxylic acids is 2. The minimum Gasteiger partial charge on any atom is -0.335 e. The molecule has 0 atom stereocenters. The number of fused-ring (bicyclic) bond motifs is 1. The van der Waals surface area contributed by atoms with E-state index >= 15 is 0 Å². The molecule has 0 aliphatic carbocycles. The second-order valence-electron chi connectivity index (χ2n) is 8.29. The summed E-state index contributed by atoms with van der Waals surface area (Å²) in [6.45, 7) is 4.35. The van der Waals surface area contributed by atoms with E-state index in [0.29, 0.717) is 48.2 Å². The van der Waals surface area contributed by atoms with Crippen molar-refractivity contribution in [3.05, 3.63) is 87.1 Å². The molecule has 0 radical (unpaired) electrons. The number of aromatic nitrogens is 2. The topological polar surface area (TPSA) is 58.4 Å². The summed E-state index contributed by atoms with van der Waals surface area (Å²) < 4.78 is 15.1. The van der Waals surface area contributed by atoms with Crippen molar-refractivity contribution in [2.24, 2.45) is 0 Å². The number of thiophene rings is 1. The number of aryl methyl sites for hydroxylation is 1. The Bertz CT molecular complexity index is 1360. The zero-order valence-corrected chi connectivity index (χ0v) is 20.1. The molecule has 4 aromatic rings. The second-order valence-corrected chi connectivity index (χ2v) is 9.76. The molecule has 0 bridgehead atoms. The Labute approximate surface area is 205 Å². The van der Waals surface area contributed by atoms with Crippen LogP contribution in [-0.2, 0) is 6.54 Å². The maximum atomic E-state index is 13.2. The molecule has 6 nitrogen and oxygen atoms in total. The standard InChI is InChI=1S/C25H22ClFN4O2S/c1-16-21-14-22(34-25(21)31(28-16)15-17-2-8-20(27)9-3-17)24(33)30-12-10-29(11-13-30)23(32)18-4-6-19(26)7-5-18/h2-9,14H,10-13,15H2,1H3. The van der Waals surface area contributed by atoms with Gasteiger partial charge >= 0.3 is 0 Å². The Morgan fingerprint density at radius 3 is 2.24 bits per heavy atom. The Hall–Kier alpha value is -3.23. The third-order valence-electron chi connectivity index (χ3n) is 6.01. The smallest absolute Gasteiger partial charge is 0.264 e. The first-order chi connectivity index (χ1) is 16.4. The maximum Gasteiger partial charge on any atom is 0.264 e. The summed E-state index contributed by atoms with van der Waals surface area (Å²) in [5.41, 5.74) is 2.38. The van der Waals surface area contributed by atoms with Gasteiger partial charge in [-0.25, -0.2) is 4.39 Å². The van der Waals surface area contributed by atoms with Gasteiger partial charge < -0.3 is 9.80 Å². The van der Waals surface area contributed by atoms with Gasteiger partial charge in [-0.15, -0.1) is 11.3 Å². The van der Waals surface area contributed by atoms with Crippen LogP contribution in [-0.4, -0.2) is 57.6 Å². The molecular weight excluding hydrogens is 475 g/mol. The molecule has 2 amide bonds. The first-order valence-corrected chi connectivity index (χ1v) is 12.1. The van der Waals surface area contributed by atoms with Gasteiger partial charge in [0.25, 0.3) is 11.8 Å². The maximum absolute atomic E-state index is 13.2. The molecule has 1 saturated heterocycles. The SMILES string of the molecule is Cc1nn(Cc2ccc(F)cc2)c2sc(C(=O)N3CCN(C(=O)c4ccc(Cl)cc4)CC3)cc12. The summed E-state index contributed by atoms with van der Waals surface area (Å²) in [4.78, 5) is 31.1. The predicted molar refractivity (Wildman–Crippen MR) is 131 cm³/mol. The fraction of sp³-hybridized carbons (Fsp3) is 0.240. The summed E-state index contributed by atoms with van der Waals surface area (Å²) in [6.07, 6.45) is 0. The van der Waals surface area contributed by atoms with Crippen LogP contribution in [0, 0.1) is 12.7 Å². The van der Waals surface area contributed by atoms with Gasteiger partial charge in [-0.3, -0.25) is 14.3 Å². The number of rotatable bonds is 4. The summed E-state index contributed by atoms with van der Waals surface area (Å²) >= 11 is 7.33. The average molecular weight is 497 g/mol. The van der Waals surface area contributed by atoms with Crippen LogP contribution in [0.15, 0.2) is 54.6 Å². The van der Waals surface area contributed by atoms with Gasteiger partial charge in [0.1, 0.15) is 10.6 Å². The summed E-state index contributed by atoms with van der Waals surface area (Å²) in [7, 11) is 0. The Morgan fingerprint density at radius 1 is 0.971 bits per heavy atom. The molecule has 0 spiro atoms. The summed E-state index contributed by atoms with van der Waals surface area (Å²) in [5.74, 6) is -0.362. The van der Waals surface area contributed by atoms with E-state index in [2.05, 4.69) is 5.10 Å². The van der Waals surface area contributed by atoms with Crippen LogP contribution >= 0.6 is 22.9 Å². The van der Waals surface area contributed by atoms with Crippen LogP contribution in [0.5, 0.6) is 0 Å². The van der Waals surface area contributed by atoms with E-state index in [-0.39, 0.29) is 17.6 Å². The van der Waals surface area contributed by atoms with E-state index in [1.165, 1.54) is 23.5 Å². The zero-order chi connectivity index (χ0) is 23.8. The molecule has 3 heterocycles. The molecule has 1 fully saturated rings. The predicted octanol–water partition coefficient (Wildman–Crippen LogP) is 4.85. The van der Waals surface area contributed by atoms with Gasteiger partial charge in [-0.05, 0) is 55.0 Å². The number of benzene rings is 2. The third-order valence-corrected chi connectivity index (χ3v) is 7.40. The van der Waals surface area contributed by atoms with Crippen molar-refractivity contribution in [3.63, 3.8) is 0 Å². The van der Waals surface area contributed by atoms with Crippen LogP contribution in [0.1, 0.15) is 31.3 Å². The van der Waals surface area contributed by atoms with E-state index in [4.69, 9.17) is 11.6 Å². The van der Waals surface area contributed by atoms with Crippen molar-refractivity contribution < 1.29 is 14.0 Å².